The number of aryl methyl sites for hydroxylation is 1. The second-order valence-electron chi connectivity index (χ2n) is 21.0. The first-order chi connectivity index (χ1) is 30.8. The number of esters is 1. The van der Waals surface area contributed by atoms with Crippen molar-refractivity contribution in [1.82, 2.24) is 9.55 Å². The Morgan fingerprint density at radius 3 is 2.35 bits per heavy atom. The quantitative estimate of drug-likeness (QED) is 0.144. The van der Waals surface area contributed by atoms with Crippen LogP contribution < -0.4 is 0 Å². The second-order valence-corrected chi connectivity index (χ2v) is 21.0. The lowest BCUT2D eigenvalue weighted by molar-refractivity contribution is -0.333. The van der Waals surface area contributed by atoms with E-state index in [1.807, 2.05) is 13.8 Å². The number of benzene rings is 1. The maximum atomic E-state index is 14.2. The molecule has 358 valence electrons. The molecule has 5 fully saturated rings. The number of rotatable bonds is 12. The Balaban J connectivity index is 1.03. The highest BCUT2D eigenvalue weighted by Gasteiger charge is 2.70. The molecule has 2 aromatic rings. The van der Waals surface area contributed by atoms with Gasteiger partial charge in [0.15, 0.2) is 18.7 Å². The summed E-state index contributed by atoms with van der Waals surface area (Å²) in [4.78, 5) is 44.3. The number of aromatic nitrogens is 2. The first-order valence-corrected chi connectivity index (χ1v) is 23.8. The van der Waals surface area contributed by atoms with Crippen LogP contribution in [0.15, 0.2) is 54.6 Å². The summed E-state index contributed by atoms with van der Waals surface area (Å²) in [6.45, 7) is 13.7. The van der Waals surface area contributed by atoms with E-state index in [1.54, 1.807) is 43.6 Å². The van der Waals surface area contributed by atoms with Crippen LogP contribution in [0.25, 0.3) is 0 Å². The van der Waals surface area contributed by atoms with E-state index in [-0.39, 0.29) is 47.9 Å². The van der Waals surface area contributed by atoms with Gasteiger partial charge in [0.05, 0.1) is 31.0 Å². The van der Waals surface area contributed by atoms with Gasteiger partial charge in [0, 0.05) is 42.5 Å². The lowest BCUT2D eigenvalue weighted by Crippen LogP contribution is -2.62. The number of aliphatic hydroxyl groups excluding tert-OH is 3. The van der Waals surface area contributed by atoms with Crippen molar-refractivity contribution in [2.24, 2.45) is 46.3 Å². The number of hydrogen-bond acceptors (Lipinski definition) is 14. The summed E-state index contributed by atoms with van der Waals surface area (Å²) in [6.07, 6.45) is 2.82. The normalized spacial score (nSPS) is 40.8. The predicted molar refractivity (Wildman–Crippen MR) is 235 cm³/mol. The number of Topliss-reactive ketones (excluding diaryl/α,β-unsaturated/α-hetero) is 1. The molecule has 2 aliphatic heterocycles. The van der Waals surface area contributed by atoms with Gasteiger partial charge in [-0.2, -0.15) is 0 Å². The van der Waals surface area contributed by atoms with Crippen molar-refractivity contribution in [3.8, 4) is 0 Å². The fourth-order valence-electron chi connectivity index (χ4n) is 12.7. The first kappa shape index (κ1) is 47.9. The molecule has 1 aromatic carbocycles. The number of nitrogens with zero attached hydrogens (tertiary/aromatic N) is 2. The van der Waals surface area contributed by atoms with Crippen molar-refractivity contribution in [3.05, 3.63) is 65.8 Å². The van der Waals surface area contributed by atoms with Crippen LogP contribution >= 0.6 is 0 Å². The van der Waals surface area contributed by atoms with Crippen LogP contribution in [0, 0.1) is 53.3 Å². The summed E-state index contributed by atoms with van der Waals surface area (Å²) in [6, 6.07) is 6.72. The summed E-state index contributed by atoms with van der Waals surface area (Å²) in [5, 5.41) is 46.4. The van der Waals surface area contributed by atoms with E-state index in [0.717, 1.165) is 31.2 Å². The highest BCUT2D eigenvalue weighted by molar-refractivity contribution is 5.89. The molecule has 0 radical (unpaired) electrons. The van der Waals surface area contributed by atoms with E-state index in [9.17, 15) is 34.8 Å². The topological polar surface area (TPSA) is 205 Å². The van der Waals surface area contributed by atoms with Crippen molar-refractivity contribution in [2.45, 2.75) is 167 Å². The van der Waals surface area contributed by atoms with Crippen LogP contribution in [-0.2, 0) is 33.2 Å². The van der Waals surface area contributed by atoms with Crippen molar-refractivity contribution in [3.63, 3.8) is 0 Å². The van der Waals surface area contributed by atoms with Gasteiger partial charge in [-0.15, -0.1) is 0 Å². The van der Waals surface area contributed by atoms with Crippen LogP contribution in [0.3, 0.4) is 0 Å². The van der Waals surface area contributed by atoms with Crippen LogP contribution in [0.4, 0.5) is 4.79 Å². The van der Waals surface area contributed by atoms with Crippen LogP contribution in [-0.4, -0.2) is 122 Å². The lowest BCUT2D eigenvalue weighted by Gasteiger charge is -2.59. The monoisotopic (exact) mass is 906 g/mol. The molecular formula is C50H70N2O13. The summed E-state index contributed by atoms with van der Waals surface area (Å²) in [7, 11) is 0. The van der Waals surface area contributed by atoms with E-state index < -0.39 is 84.1 Å². The van der Waals surface area contributed by atoms with Crippen molar-refractivity contribution in [1.29, 1.82) is 0 Å². The molecule has 3 heterocycles. The zero-order valence-corrected chi connectivity index (χ0v) is 38.9. The first-order valence-electron chi connectivity index (χ1n) is 23.8. The molecule has 15 nitrogen and oxygen atoms in total. The molecule has 3 saturated carbocycles. The lowest BCUT2D eigenvalue weighted by atomic mass is 9.46. The van der Waals surface area contributed by atoms with Crippen LogP contribution in [0.5, 0.6) is 0 Å². The van der Waals surface area contributed by atoms with Gasteiger partial charge in [-0.25, -0.2) is 19.1 Å². The number of carbonyl (C=O) groups is 3. The zero-order chi connectivity index (χ0) is 46.6. The number of aliphatic hydroxyl groups is 4. The molecule has 15 heteroatoms. The fraction of sp³-hybridized carbons (Fsp3) is 0.720. The van der Waals surface area contributed by atoms with Crippen LogP contribution in [0.2, 0.25) is 0 Å². The molecule has 1 aromatic heterocycles. The van der Waals surface area contributed by atoms with Crippen molar-refractivity contribution < 1.29 is 63.2 Å². The Kier molecular flexibility index (Phi) is 13.9. The van der Waals surface area contributed by atoms with Gasteiger partial charge < -0.3 is 48.8 Å². The van der Waals surface area contributed by atoms with E-state index in [2.05, 4.69) is 38.8 Å². The third-order valence-corrected chi connectivity index (χ3v) is 16.7. The molecule has 17 atom stereocenters. The zero-order valence-electron chi connectivity index (χ0n) is 38.9. The van der Waals surface area contributed by atoms with Gasteiger partial charge in [0.25, 0.3) is 0 Å². The standard InChI is InChI=1S/C50H70N2O13/c1-27(2)8-15-37(53)30(5)50(59)40(23-36-34-14-13-32-22-33(62-47(58)52-21-20-51-26-52)16-18-48(32,6)35(34)17-19-49(36,50)7)63-45-29(4)42(39(55)25-60-45)65-46-43(41(56)38(54)24-61-46)64-44(57)31-11-9-28(3)10-12-31/h9-13,20-21,26-27,29-30,33-36,38-43,45-46,54-56,59H,8,14-19,22-25H2,1-7H3/t29?,30-,33+,34-,35?,36+,38?,39?,40+,41?,42?,43?,45?,46?,48+,49+,50-/m1/s1. The Labute approximate surface area is 382 Å². The Morgan fingerprint density at radius 2 is 1.65 bits per heavy atom. The largest absolute Gasteiger partial charge is 0.450 e. The van der Waals surface area contributed by atoms with Gasteiger partial charge in [-0.1, -0.05) is 70.9 Å². The summed E-state index contributed by atoms with van der Waals surface area (Å²) >= 11 is 0. The molecule has 0 bridgehead atoms. The van der Waals surface area contributed by atoms with Gasteiger partial charge in [0.2, 0.25) is 0 Å². The molecule has 4 aliphatic carbocycles. The summed E-state index contributed by atoms with van der Waals surface area (Å²) < 4.78 is 38.4. The van der Waals surface area contributed by atoms with E-state index in [4.69, 9.17) is 28.4 Å². The SMILES string of the molecule is Cc1ccc(C(=O)OC2C(OC3C(O)COC(O[C@H]4C[C@H]5[C@@H]6CC=C7C[C@@H](OC(=O)n8ccnc8)CC[C@]7(C)C6CC[C@]5(C)[C@@]4(O)[C@H](C)C(=O)CCC(C)C)C3C)OCC(O)C2O)cc1. The summed E-state index contributed by atoms with van der Waals surface area (Å²) in [5.74, 6) is -1.32. The molecule has 8 rings (SSSR count). The number of carbonyl (C=O) groups excluding carboxylic acids is 3. The van der Waals surface area contributed by atoms with Crippen molar-refractivity contribution >= 4 is 17.8 Å². The molecule has 0 spiro atoms. The second kappa shape index (κ2) is 18.9. The maximum absolute atomic E-state index is 14.2. The highest BCUT2D eigenvalue weighted by Crippen LogP contribution is 2.69. The van der Waals surface area contributed by atoms with E-state index >= 15 is 0 Å². The third kappa shape index (κ3) is 8.89. The average molecular weight is 907 g/mol. The van der Waals surface area contributed by atoms with Gasteiger partial charge >= 0.3 is 12.1 Å². The predicted octanol–water partition coefficient (Wildman–Crippen LogP) is 5.92. The minimum absolute atomic E-state index is 0.00388. The van der Waals surface area contributed by atoms with Gasteiger partial charge in [-0.3, -0.25) is 4.79 Å². The molecule has 2 saturated heterocycles. The summed E-state index contributed by atoms with van der Waals surface area (Å²) in [5.41, 5.74) is 0.155. The van der Waals surface area contributed by atoms with Gasteiger partial charge in [0.1, 0.15) is 42.1 Å². The minimum Gasteiger partial charge on any atom is -0.450 e. The fourth-order valence-corrected chi connectivity index (χ4v) is 12.7. The van der Waals surface area contributed by atoms with E-state index in [1.165, 1.54) is 16.5 Å². The number of allylic oxidation sites excluding steroid dienone is 1. The minimum atomic E-state index is -1.56. The van der Waals surface area contributed by atoms with Crippen LogP contribution in [0.1, 0.15) is 115 Å². The van der Waals surface area contributed by atoms with Crippen molar-refractivity contribution in [2.75, 3.05) is 13.2 Å². The molecule has 4 N–H and O–H groups in total. The molecule has 65 heavy (non-hydrogen) atoms. The number of hydrogen-bond donors (Lipinski definition) is 4. The number of fused-ring (bicyclic) bond motifs is 5. The third-order valence-electron chi connectivity index (χ3n) is 16.7. The van der Waals surface area contributed by atoms with E-state index in [0.29, 0.717) is 43.9 Å². The highest BCUT2D eigenvalue weighted by atomic mass is 16.7. The Bertz CT molecular complexity index is 2040. The Morgan fingerprint density at radius 1 is 0.923 bits per heavy atom. The van der Waals surface area contributed by atoms with Gasteiger partial charge in [-0.05, 0) is 93.1 Å². The molecular weight excluding hydrogens is 837 g/mol. The molecule has 9 unspecified atom stereocenters. The Hall–Kier alpha value is -3.54. The average Bonchev–Trinajstić information content (AvgIpc) is 3.90. The molecule has 0 amide bonds. The number of ketones is 1. The smallest absolute Gasteiger partial charge is 0.419 e. The maximum Gasteiger partial charge on any atom is 0.419 e. The number of ether oxygens (including phenoxy) is 6. The number of imidazole rings is 1. The molecule has 6 aliphatic rings.